The number of hydrogen-bond donors (Lipinski definition) is 1. The molecule has 0 aliphatic rings. The van der Waals surface area contributed by atoms with Crippen LogP contribution in [-0.2, 0) is 18.8 Å². The minimum Gasteiger partial charge on any atom is -0.324 e. The number of rotatable bonds is 6. The molecule has 2 aromatic rings. The molecule has 5 heteroatoms. The number of thioether (sulfide) groups is 1. The summed E-state index contributed by atoms with van der Waals surface area (Å²) in [5.74, 6) is 2.33. The zero-order valence-corrected chi connectivity index (χ0v) is 13.2. The molecule has 0 aliphatic heterocycles. The Bertz CT molecular complexity index is 546. The largest absolute Gasteiger partial charge is 0.324 e. The van der Waals surface area contributed by atoms with E-state index in [-0.39, 0.29) is 0 Å². The summed E-state index contributed by atoms with van der Waals surface area (Å²) in [6.07, 6.45) is 0. The van der Waals surface area contributed by atoms with Crippen LogP contribution in [0, 0.1) is 0 Å². The van der Waals surface area contributed by atoms with Gasteiger partial charge in [0.2, 0.25) is 0 Å². The first-order chi connectivity index (χ1) is 9.65. The second kappa shape index (κ2) is 6.90. The molecule has 1 heterocycles. The van der Waals surface area contributed by atoms with E-state index in [2.05, 4.69) is 59.8 Å². The SMILES string of the molecule is CCn1c(CN)nnc1SCc1ccc(C(C)C)cc1. The topological polar surface area (TPSA) is 56.7 Å². The highest BCUT2D eigenvalue weighted by atomic mass is 32.2. The summed E-state index contributed by atoms with van der Waals surface area (Å²) >= 11 is 1.71. The molecule has 0 fully saturated rings. The molecule has 0 saturated carbocycles. The van der Waals surface area contributed by atoms with E-state index in [1.54, 1.807) is 11.8 Å². The Labute approximate surface area is 124 Å². The molecule has 1 aromatic carbocycles. The van der Waals surface area contributed by atoms with E-state index < -0.39 is 0 Å². The minimum atomic E-state index is 0.435. The Hall–Kier alpha value is -1.33. The van der Waals surface area contributed by atoms with Gasteiger partial charge in [-0.1, -0.05) is 49.9 Å². The van der Waals surface area contributed by atoms with Gasteiger partial charge in [0.05, 0.1) is 6.54 Å². The summed E-state index contributed by atoms with van der Waals surface area (Å²) in [7, 11) is 0. The van der Waals surface area contributed by atoms with Gasteiger partial charge < -0.3 is 10.3 Å². The lowest BCUT2D eigenvalue weighted by atomic mass is 10.0. The number of aromatic nitrogens is 3. The second-order valence-electron chi connectivity index (χ2n) is 5.03. The van der Waals surface area contributed by atoms with Gasteiger partial charge in [-0.15, -0.1) is 10.2 Å². The standard InChI is InChI=1S/C15H22N4S/c1-4-19-14(9-16)17-18-15(19)20-10-12-5-7-13(8-6-12)11(2)3/h5-8,11H,4,9-10,16H2,1-3H3. The molecule has 20 heavy (non-hydrogen) atoms. The lowest BCUT2D eigenvalue weighted by Crippen LogP contribution is -2.08. The van der Waals surface area contributed by atoms with Crippen molar-refractivity contribution in [1.82, 2.24) is 14.8 Å². The van der Waals surface area contributed by atoms with Crippen molar-refractivity contribution in [3.8, 4) is 0 Å². The van der Waals surface area contributed by atoms with E-state index in [0.29, 0.717) is 12.5 Å². The first kappa shape index (κ1) is 15.1. The fourth-order valence-corrected chi connectivity index (χ4v) is 3.02. The van der Waals surface area contributed by atoms with Crippen LogP contribution in [0.4, 0.5) is 0 Å². The van der Waals surface area contributed by atoms with E-state index in [4.69, 9.17) is 5.73 Å². The molecule has 0 radical (unpaired) electrons. The molecular formula is C15H22N4S. The van der Waals surface area contributed by atoms with Crippen LogP contribution in [0.5, 0.6) is 0 Å². The molecule has 2 N–H and O–H groups in total. The highest BCUT2D eigenvalue weighted by Crippen LogP contribution is 2.23. The maximum Gasteiger partial charge on any atom is 0.191 e. The Balaban J connectivity index is 2.03. The molecular weight excluding hydrogens is 268 g/mol. The number of nitrogens with zero attached hydrogens (tertiary/aromatic N) is 3. The van der Waals surface area contributed by atoms with E-state index in [0.717, 1.165) is 23.3 Å². The molecule has 2 rings (SSSR count). The monoisotopic (exact) mass is 290 g/mol. The zero-order chi connectivity index (χ0) is 14.5. The van der Waals surface area contributed by atoms with Crippen molar-refractivity contribution in [1.29, 1.82) is 0 Å². The predicted octanol–water partition coefficient (Wildman–Crippen LogP) is 3.17. The van der Waals surface area contributed by atoms with Crippen molar-refractivity contribution < 1.29 is 0 Å². The lowest BCUT2D eigenvalue weighted by Gasteiger charge is -2.08. The summed E-state index contributed by atoms with van der Waals surface area (Å²) in [5, 5.41) is 9.28. The predicted molar refractivity (Wildman–Crippen MR) is 83.7 cm³/mol. The van der Waals surface area contributed by atoms with Gasteiger partial charge in [0.1, 0.15) is 5.82 Å². The normalized spacial score (nSPS) is 11.2. The smallest absolute Gasteiger partial charge is 0.191 e. The Morgan fingerprint density at radius 2 is 1.90 bits per heavy atom. The van der Waals surface area contributed by atoms with Crippen molar-refractivity contribution in [2.24, 2.45) is 5.73 Å². The van der Waals surface area contributed by atoms with E-state index in [1.165, 1.54) is 11.1 Å². The van der Waals surface area contributed by atoms with Crippen molar-refractivity contribution in [2.75, 3.05) is 0 Å². The molecule has 4 nitrogen and oxygen atoms in total. The summed E-state index contributed by atoms with van der Waals surface area (Å²) in [6.45, 7) is 7.80. The van der Waals surface area contributed by atoms with Gasteiger partial charge in [0.25, 0.3) is 0 Å². The Kier molecular flexibility index (Phi) is 5.20. The quantitative estimate of drug-likeness (QED) is 0.830. The zero-order valence-electron chi connectivity index (χ0n) is 12.3. The van der Waals surface area contributed by atoms with E-state index in [9.17, 15) is 0 Å². The summed E-state index contributed by atoms with van der Waals surface area (Å²) < 4.78 is 2.08. The summed E-state index contributed by atoms with van der Waals surface area (Å²) in [4.78, 5) is 0. The first-order valence-electron chi connectivity index (χ1n) is 6.99. The third kappa shape index (κ3) is 3.41. The van der Waals surface area contributed by atoms with Crippen LogP contribution in [0.3, 0.4) is 0 Å². The number of nitrogens with two attached hydrogens (primary N) is 1. The third-order valence-corrected chi connectivity index (χ3v) is 4.34. The van der Waals surface area contributed by atoms with Gasteiger partial charge in [-0.05, 0) is 24.0 Å². The van der Waals surface area contributed by atoms with Crippen LogP contribution in [0.15, 0.2) is 29.4 Å². The van der Waals surface area contributed by atoms with Crippen LogP contribution in [0.25, 0.3) is 0 Å². The lowest BCUT2D eigenvalue weighted by molar-refractivity contribution is 0.643. The fourth-order valence-electron chi connectivity index (χ4n) is 2.04. The molecule has 1 aromatic heterocycles. The maximum atomic E-state index is 5.66. The highest BCUT2D eigenvalue weighted by Gasteiger charge is 2.10. The van der Waals surface area contributed by atoms with Crippen molar-refractivity contribution in [3.05, 3.63) is 41.2 Å². The molecule has 0 spiro atoms. The molecule has 0 atom stereocenters. The molecule has 108 valence electrons. The van der Waals surface area contributed by atoms with Crippen LogP contribution < -0.4 is 5.73 Å². The first-order valence-corrected chi connectivity index (χ1v) is 7.98. The van der Waals surface area contributed by atoms with E-state index >= 15 is 0 Å². The highest BCUT2D eigenvalue weighted by molar-refractivity contribution is 7.98. The van der Waals surface area contributed by atoms with Crippen LogP contribution in [0.1, 0.15) is 43.6 Å². The van der Waals surface area contributed by atoms with Gasteiger partial charge >= 0.3 is 0 Å². The summed E-state index contributed by atoms with van der Waals surface area (Å²) in [6, 6.07) is 8.80. The number of hydrogen-bond acceptors (Lipinski definition) is 4. The van der Waals surface area contributed by atoms with Gasteiger partial charge in [0, 0.05) is 12.3 Å². The van der Waals surface area contributed by atoms with Gasteiger partial charge in [0.15, 0.2) is 5.16 Å². The average molecular weight is 290 g/mol. The van der Waals surface area contributed by atoms with Crippen LogP contribution >= 0.6 is 11.8 Å². The molecule has 0 saturated heterocycles. The molecule has 0 unspecified atom stereocenters. The third-order valence-electron chi connectivity index (χ3n) is 3.31. The van der Waals surface area contributed by atoms with Crippen LogP contribution in [0.2, 0.25) is 0 Å². The average Bonchev–Trinajstić information content (AvgIpc) is 2.87. The summed E-state index contributed by atoms with van der Waals surface area (Å²) in [5.41, 5.74) is 8.34. The number of benzene rings is 1. The Morgan fingerprint density at radius 1 is 1.20 bits per heavy atom. The van der Waals surface area contributed by atoms with Crippen molar-refractivity contribution in [3.63, 3.8) is 0 Å². The van der Waals surface area contributed by atoms with Gasteiger partial charge in [-0.3, -0.25) is 0 Å². The van der Waals surface area contributed by atoms with Crippen molar-refractivity contribution in [2.45, 2.75) is 50.7 Å². The second-order valence-corrected chi connectivity index (χ2v) is 5.97. The van der Waals surface area contributed by atoms with E-state index in [1.807, 2.05) is 0 Å². The van der Waals surface area contributed by atoms with Crippen LogP contribution in [-0.4, -0.2) is 14.8 Å². The van der Waals surface area contributed by atoms with Gasteiger partial charge in [-0.2, -0.15) is 0 Å². The molecule has 0 bridgehead atoms. The minimum absolute atomic E-state index is 0.435. The molecule has 0 aliphatic carbocycles. The fraction of sp³-hybridized carbons (Fsp3) is 0.467. The maximum absolute atomic E-state index is 5.66. The molecule has 0 amide bonds. The van der Waals surface area contributed by atoms with Gasteiger partial charge in [-0.25, -0.2) is 0 Å². The van der Waals surface area contributed by atoms with Crippen molar-refractivity contribution >= 4 is 11.8 Å². The Morgan fingerprint density at radius 3 is 2.45 bits per heavy atom.